The van der Waals surface area contributed by atoms with Gasteiger partial charge in [-0.3, -0.25) is 0 Å². The van der Waals surface area contributed by atoms with Gasteiger partial charge in [-0.1, -0.05) is 393 Å². The SMILES string of the molecule is c1ccc(-c2ccc(N(c3ccccc3)c3ccc(-n4c5ccccc5c5c6c(ccc54)C4(c5ccccc5-c5ccccc54)c4cccc(Cc5ccc(-n7c8ccccc8c8c9c(ccc87)C7(c8ccc(-c%10ccc%11cc(-n%12c%13ccccc%13c%13c%14c(ccc%13%12)C%12(c%13ccccc%13S%14)c%13ccccc%13-c%13ccccc%13%12)ccc%11c%10)cc8S9)c8ccccc8-c8ccccc87)cc5)c4S6)cc3)cc2)cc1. The molecule has 6 heterocycles. The number of hydrogen-bond donors (Lipinski definition) is 0. The first kappa shape index (κ1) is 79.4. The van der Waals surface area contributed by atoms with Crippen molar-refractivity contribution in [2.24, 2.45) is 0 Å². The summed E-state index contributed by atoms with van der Waals surface area (Å²) >= 11 is 5.87. The molecule has 3 spiro atoms. The van der Waals surface area contributed by atoms with E-state index in [4.69, 9.17) is 0 Å². The first-order valence-electron chi connectivity index (χ1n) is 48.9. The summed E-state index contributed by atoms with van der Waals surface area (Å²) in [5.74, 6) is 0. The van der Waals surface area contributed by atoms with E-state index >= 15 is 0 Å². The highest BCUT2D eigenvalue weighted by atomic mass is 32.2. The predicted octanol–water partition coefficient (Wildman–Crippen LogP) is 35.0. The molecule has 656 valence electrons. The van der Waals surface area contributed by atoms with Crippen LogP contribution in [0.4, 0.5) is 17.1 Å². The van der Waals surface area contributed by atoms with Crippen LogP contribution < -0.4 is 4.90 Å². The van der Waals surface area contributed by atoms with Gasteiger partial charge in [0.15, 0.2) is 0 Å². The molecule has 0 fully saturated rings. The molecule has 3 aliphatic heterocycles. The zero-order valence-corrected chi connectivity index (χ0v) is 78.9. The normalized spacial score (nSPS) is 14.1. The van der Waals surface area contributed by atoms with E-state index in [-0.39, 0.29) is 0 Å². The molecule has 0 amide bonds. The highest BCUT2D eigenvalue weighted by molar-refractivity contribution is 8.00. The van der Waals surface area contributed by atoms with Crippen molar-refractivity contribution < 1.29 is 0 Å². The van der Waals surface area contributed by atoms with E-state index in [2.05, 4.69) is 504 Å². The van der Waals surface area contributed by atoms with Crippen LogP contribution in [0.1, 0.15) is 77.9 Å². The van der Waals surface area contributed by atoms with Crippen LogP contribution in [0, 0.1) is 0 Å². The number of benzene rings is 22. The molecule has 3 aromatic heterocycles. The maximum atomic E-state index is 2.54. The van der Waals surface area contributed by atoms with Crippen molar-refractivity contribution in [2.75, 3.05) is 4.90 Å². The van der Waals surface area contributed by atoms with Crippen molar-refractivity contribution in [3.05, 3.63) is 563 Å². The molecule has 0 saturated heterocycles. The van der Waals surface area contributed by atoms with E-state index in [0.717, 1.165) is 40.5 Å². The number of nitrogens with zero attached hydrogens (tertiary/aromatic N) is 4. The summed E-state index contributed by atoms with van der Waals surface area (Å²) in [4.78, 5) is 10.2. The number of para-hydroxylation sites is 4. The molecule has 22 aromatic carbocycles. The smallest absolute Gasteiger partial charge is 0.0735 e. The van der Waals surface area contributed by atoms with Crippen LogP contribution >= 0.6 is 35.3 Å². The number of rotatable bonds is 10. The molecule has 0 atom stereocenters. The molecule has 0 radical (unpaired) electrons. The minimum Gasteiger partial charge on any atom is -0.311 e. The van der Waals surface area contributed by atoms with Crippen LogP contribution in [0.15, 0.2) is 515 Å². The Hall–Kier alpha value is -16.7. The van der Waals surface area contributed by atoms with Gasteiger partial charge in [-0.2, -0.15) is 0 Å². The second-order valence-corrected chi connectivity index (χ2v) is 41.7. The summed E-state index contributed by atoms with van der Waals surface area (Å²) in [5.41, 5.74) is 43.3. The Kier molecular flexibility index (Phi) is 17.0. The van der Waals surface area contributed by atoms with Gasteiger partial charge in [-0.05, 0) is 278 Å². The molecular formula is C134H82N4S3. The third kappa shape index (κ3) is 10.9. The van der Waals surface area contributed by atoms with E-state index < -0.39 is 16.2 Å². The van der Waals surface area contributed by atoms with Crippen LogP contribution in [-0.4, -0.2) is 13.7 Å². The van der Waals surface area contributed by atoms with E-state index in [1.54, 1.807) is 0 Å². The van der Waals surface area contributed by atoms with Gasteiger partial charge in [0.25, 0.3) is 0 Å². The zero-order valence-electron chi connectivity index (χ0n) is 76.4. The van der Waals surface area contributed by atoms with Crippen LogP contribution in [0.25, 0.3) is 149 Å². The topological polar surface area (TPSA) is 18.0 Å². The lowest BCUT2D eigenvalue weighted by Gasteiger charge is -2.40. The summed E-state index contributed by atoms with van der Waals surface area (Å²) in [7, 11) is 0. The third-order valence-corrected chi connectivity index (χ3v) is 35.6. The van der Waals surface area contributed by atoms with E-state index in [1.165, 1.54) is 239 Å². The highest BCUT2D eigenvalue weighted by Crippen LogP contribution is 2.69. The zero-order chi connectivity index (χ0) is 92.1. The number of anilines is 3. The van der Waals surface area contributed by atoms with Crippen molar-refractivity contribution in [1.82, 2.24) is 13.7 Å². The molecule has 3 aliphatic carbocycles. The Morgan fingerprint density at radius 2 is 0.532 bits per heavy atom. The van der Waals surface area contributed by atoms with Crippen molar-refractivity contribution >= 4 is 129 Å². The van der Waals surface area contributed by atoms with Crippen LogP contribution in [-0.2, 0) is 22.7 Å². The largest absolute Gasteiger partial charge is 0.311 e. The van der Waals surface area contributed by atoms with Crippen LogP contribution in [0.3, 0.4) is 0 Å². The Balaban J connectivity index is 0.507. The van der Waals surface area contributed by atoms with E-state index in [1.807, 2.05) is 35.3 Å². The second-order valence-electron chi connectivity index (χ2n) is 38.6. The molecule has 7 heteroatoms. The molecule has 0 bridgehead atoms. The molecule has 0 saturated carbocycles. The maximum absolute atomic E-state index is 2.54. The van der Waals surface area contributed by atoms with Gasteiger partial charge in [0.05, 0.1) is 49.3 Å². The van der Waals surface area contributed by atoms with Crippen molar-refractivity contribution in [3.8, 4) is 72.7 Å². The maximum Gasteiger partial charge on any atom is 0.0735 e. The fourth-order valence-corrected chi connectivity index (χ4v) is 30.4. The summed E-state index contributed by atoms with van der Waals surface area (Å²) in [5, 5.41) is 9.98. The molecule has 6 aliphatic rings. The highest BCUT2D eigenvalue weighted by Gasteiger charge is 2.55. The Morgan fingerprint density at radius 1 is 0.199 bits per heavy atom. The molecule has 4 nitrogen and oxygen atoms in total. The van der Waals surface area contributed by atoms with Crippen molar-refractivity contribution in [3.63, 3.8) is 0 Å². The summed E-state index contributed by atoms with van der Waals surface area (Å²) in [6, 6.07) is 184. The fourth-order valence-electron chi connectivity index (χ4n) is 26.2. The molecule has 0 N–H and O–H groups in total. The minimum absolute atomic E-state index is 0.467. The van der Waals surface area contributed by atoms with Crippen LogP contribution in [0.5, 0.6) is 0 Å². The lowest BCUT2D eigenvalue weighted by atomic mass is 9.66. The Labute approximate surface area is 828 Å². The predicted molar refractivity (Wildman–Crippen MR) is 586 cm³/mol. The van der Waals surface area contributed by atoms with Crippen molar-refractivity contribution in [1.29, 1.82) is 0 Å². The van der Waals surface area contributed by atoms with Crippen molar-refractivity contribution in [2.45, 2.75) is 52.0 Å². The van der Waals surface area contributed by atoms with Crippen LogP contribution in [0.2, 0.25) is 0 Å². The molecular weight excluding hydrogens is 1760 g/mol. The first-order chi connectivity index (χ1) is 69.9. The minimum atomic E-state index is -0.604. The number of hydrogen-bond acceptors (Lipinski definition) is 4. The monoisotopic (exact) mass is 1840 g/mol. The second kappa shape index (κ2) is 30.2. The molecule has 31 rings (SSSR count). The lowest BCUT2D eigenvalue weighted by Crippen LogP contribution is -2.32. The quantitative estimate of drug-likeness (QED) is 0.136. The summed E-state index contributed by atoms with van der Waals surface area (Å²) in [6.45, 7) is 0. The van der Waals surface area contributed by atoms with Gasteiger partial charge >= 0.3 is 0 Å². The summed E-state index contributed by atoms with van der Waals surface area (Å²) in [6.07, 6.45) is 0.742. The average molecular weight is 1840 g/mol. The van der Waals surface area contributed by atoms with Gasteiger partial charge in [0.1, 0.15) is 0 Å². The van der Waals surface area contributed by atoms with Gasteiger partial charge < -0.3 is 18.6 Å². The van der Waals surface area contributed by atoms with Gasteiger partial charge in [0.2, 0.25) is 0 Å². The van der Waals surface area contributed by atoms with Gasteiger partial charge in [-0.15, -0.1) is 0 Å². The lowest BCUT2D eigenvalue weighted by molar-refractivity contribution is 0.721. The third-order valence-electron chi connectivity index (χ3n) is 31.9. The number of aromatic nitrogens is 3. The number of fused-ring (bicyclic) bond motifs is 40. The van der Waals surface area contributed by atoms with E-state index in [9.17, 15) is 0 Å². The standard InChI is InChI=1S/C134H82N4S3/c1-3-28-83(29-4-1)84-58-64-91(65-59-84)135(90-31-5-2-6-32-90)92-67-69-94(70-68-92)137-118-51-24-14-40-103(118)127-121(137)76-74-116-131(127)141-128-89(30-27-49-113(128)134(116)109-46-20-11-37-100(109)101-38-12-21-47-110(101)134)78-82-54-62-93(63-55-82)136-117-50-23-13-39-102(117)125-120(136)75-72-115-130(125)140-124-81-88(61-71-112(124)133(115)107-44-18-9-35-98(107)99-36-10-19-45-108(99)133)85-56-57-87-80-95(66-60-86(87)79-85)138-119-52-25-15-41-104(119)126-122(138)77-73-114-129(126)139-123-53-26-22-48-111(123)132(114)105-42-16-7-33-96(105)97-34-8-17-43-106(97)132/h1-77,79-81H,78H2. The summed E-state index contributed by atoms with van der Waals surface area (Å²) < 4.78 is 7.56. The molecule has 25 aromatic rings. The molecule has 0 unspecified atom stereocenters. The fraction of sp³-hybridized carbons (Fsp3) is 0.0299. The van der Waals surface area contributed by atoms with Gasteiger partial charge in [0, 0.05) is 95.8 Å². The Bertz CT molecular complexity index is 9560. The van der Waals surface area contributed by atoms with E-state index in [0.29, 0.717) is 0 Å². The average Bonchev–Trinajstić information content (AvgIpc) is 1.53. The van der Waals surface area contributed by atoms with Gasteiger partial charge in [-0.25, -0.2) is 0 Å². The first-order valence-corrected chi connectivity index (χ1v) is 51.3. The molecule has 141 heavy (non-hydrogen) atoms. The Morgan fingerprint density at radius 3 is 1.04 bits per heavy atom.